The highest BCUT2D eigenvalue weighted by Gasteiger charge is 2.10. The monoisotopic (exact) mass is 314 g/mol. The van der Waals surface area contributed by atoms with Gasteiger partial charge in [-0.15, -0.1) is 0 Å². The van der Waals surface area contributed by atoms with Crippen molar-refractivity contribution in [1.29, 1.82) is 0 Å². The zero-order valence-electron chi connectivity index (χ0n) is 13.8. The second-order valence-electron chi connectivity index (χ2n) is 5.83. The van der Waals surface area contributed by atoms with Gasteiger partial charge in [-0.05, 0) is 31.5 Å². The molecular weight excluding hydrogens is 288 g/mol. The maximum Gasteiger partial charge on any atom is 0.222 e. The first-order chi connectivity index (χ1) is 11.2. The van der Waals surface area contributed by atoms with Crippen molar-refractivity contribution in [3.8, 4) is 5.69 Å². The molecule has 1 aromatic heterocycles. The average Bonchev–Trinajstić information content (AvgIpc) is 3.03. The van der Waals surface area contributed by atoms with E-state index in [1.54, 1.807) is 4.90 Å². The van der Waals surface area contributed by atoms with E-state index in [0.717, 1.165) is 43.5 Å². The summed E-state index contributed by atoms with van der Waals surface area (Å²) in [5.74, 6) is 0.185. The number of amides is 1. The number of carbonyl (C=O) groups is 1. The molecule has 0 radical (unpaired) electrons. The lowest BCUT2D eigenvalue weighted by molar-refractivity contribution is -0.130. The summed E-state index contributed by atoms with van der Waals surface area (Å²) in [5.41, 5.74) is 7.52. The molecule has 0 saturated heterocycles. The molecule has 0 bridgehead atoms. The van der Waals surface area contributed by atoms with Crippen LogP contribution in [0, 0.1) is 0 Å². The van der Waals surface area contributed by atoms with Gasteiger partial charge in [-0.3, -0.25) is 4.79 Å². The zero-order valence-corrected chi connectivity index (χ0v) is 13.8. The highest BCUT2D eigenvalue weighted by atomic mass is 16.2. The Bertz CT molecular complexity index is 594. The summed E-state index contributed by atoms with van der Waals surface area (Å²) in [6, 6.07) is 9.96. The van der Waals surface area contributed by atoms with E-state index in [4.69, 9.17) is 5.73 Å². The molecule has 0 aliphatic carbocycles. The van der Waals surface area contributed by atoms with E-state index in [9.17, 15) is 4.79 Å². The van der Waals surface area contributed by atoms with Gasteiger partial charge in [-0.2, -0.15) is 5.10 Å². The summed E-state index contributed by atoms with van der Waals surface area (Å²) in [6.45, 7) is 1.33. The maximum absolute atomic E-state index is 12.1. The Morgan fingerprint density at radius 2 is 1.91 bits per heavy atom. The van der Waals surface area contributed by atoms with Crippen LogP contribution in [0.4, 0.5) is 0 Å². The van der Waals surface area contributed by atoms with Crippen LogP contribution in [0.1, 0.15) is 37.7 Å². The summed E-state index contributed by atoms with van der Waals surface area (Å²) in [6.07, 6.45) is 8.56. The van der Waals surface area contributed by atoms with E-state index in [2.05, 4.69) is 5.10 Å². The first-order valence-corrected chi connectivity index (χ1v) is 8.23. The van der Waals surface area contributed by atoms with Gasteiger partial charge in [0.15, 0.2) is 0 Å². The number of aromatic nitrogens is 2. The number of para-hydroxylation sites is 1. The van der Waals surface area contributed by atoms with Crippen LogP contribution < -0.4 is 5.73 Å². The second kappa shape index (κ2) is 9.10. The predicted octanol–water partition coefficient (Wildman–Crippen LogP) is 2.74. The van der Waals surface area contributed by atoms with E-state index in [0.29, 0.717) is 13.0 Å². The minimum atomic E-state index is 0.185. The Balaban J connectivity index is 1.80. The number of nitrogens with zero attached hydrogens (tertiary/aromatic N) is 3. The molecule has 124 valence electrons. The molecule has 2 N–H and O–H groups in total. The zero-order chi connectivity index (χ0) is 16.5. The van der Waals surface area contributed by atoms with Crippen LogP contribution in [0.15, 0.2) is 42.7 Å². The van der Waals surface area contributed by atoms with Crippen LogP contribution in [-0.2, 0) is 11.3 Å². The Kier molecular flexibility index (Phi) is 6.81. The van der Waals surface area contributed by atoms with Crippen LogP contribution >= 0.6 is 0 Å². The number of rotatable bonds is 9. The highest BCUT2D eigenvalue weighted by Crippen LogP contribution is 2.10. The minimum absolute atomic E-state index is 0.185. The Hall–Kier alpha value is -2.14. The van der Waals surface area contributed by atoms with Crippen molar-refractivity contribution in [2.24, 2.45) is 5.73 Å². The molecule has 2 rings (SSSR count). The van der Waals surface area contributed by atoms with Gasteiger partial charge in [0.05, 0.1) is 11.9 Å². The summed E-state index contributed by atoms with van der Waals surface area (Å²) >= 11 is 0. The summed E-state index contributed by atoms with van der Waals surface area (Å²) in [7, 11) is 1.85. The lowest BCUT2D eigenvalue weighted by Crippen LogP contribution is -2.25. The standard InChI is InChI=1S/C18H26N4O/c1-21(18(23)11-7-2-3-8-12-19)14-16-13-20-22(15-16)17-9-5-4-6-10-17/h4-6,9-10,13,15H,2-3,7-8,11-12,14,19H2,1H3. The first-order valence-electron chi connectivity index (χ1n) is 8.23. The molecule has 0 spiro atoms. The Labute approximate surface area is 138 Å². The van der Waals surface area contributed by atoms with Gasteiger partial charge in [-0.25, -0.2) is 4.68 Å². The molecule has 0 unspecified atom stereocenters. The van der Waals surface area contributed by atoms with Crippen LogP contribution in [-0.4, -0.2) is 34.2 Å². The lowest BCUT2D eigenvalue weighted by atomic mass is 10.1. The smallest absolute Gasteiger partial charge is 0.222 e. The van der Waals surface area contributed by atoms with Gasteiger partial charge in [-0.1, -0.05) is 31.0 Å². The van der Waals surface area contributed by atoms with Crippen LogP contribution in [0.25, 0.3) is 5.69 Å². The van der Waals surface area contributed by atoms with Crippen molar-refractivity contribution in [1.82, 2.24) is 14.7 Å². The maximum atomic E-state index is 12.1. The van der Waals surface area contributed by atoms with E-state index < -0.39 is 0 Å². The minimum Gasteiger partial charge on any atom is -0.341 e. The molecule has 1 amide bonds. The van der Waals surface area contributed by atoms with E-state index in [1.165, 1.54) is 0 Å². The number of hydrogen-bond donors (Lipinski definition) is 1. The van der Waals surface area contributed by atoms with Crippen molar-refractivity contribution in [2.75, 3.05) is 13.6 Å². The third kappa shape index (κ3) is 5.53. The first kappa shape index (κ1) is 17.2. The number of hydrogen-bond acceptors (Lipinski definition) is 3. The number of unbranched alkanes of at least 4 members (excludes halogenated alkanes) is 3. The third-order valence-corrected chi connectivity index (χ3v) is 3.85. The van der Waals surface area contributed by atoms with Gasteiger partial charge < -0.3 is 10.6 Å². The molecule has 1 heterocycles. The van der Waals surface area contributed by atoms with Crippen molar-refractivity contribution in [2.45, 2.75) is 38.6 Å². The molecule has 0 aliphatic rings. The van der Waals surface area contributed by atoms with Gasteiger partial charge in [0, 0.05) is 31.8 Å². The normalized spacial score (nSPS) is 10.7. The van der Waals surface area contributed by atoms with Gasteiger partial charge in [0.1, 0.15) is 0 Å². The fourth-order valence-electron chi connectivity index (χ4n) is 2.49. The fourth-order valence-corrected chi connectivity index (χ4v) is 2.49. The molecular formula is C18H26N4O. The SMILES string of the molecule is CN(Cc1cnn(-c2ccccc2)c1)C(=O)CCCCCCN. The number of benzene rings is 1. The molecule has 5 nitrogen and oxygen atoms in total. The van der Waals surface area contributed by atoms with Crippen LogP contribution in [0.2, 0.25) is 0 Å². The molecule has 5 heteroatoms. The third-order valence-electron chi connectivity index (χ3n) is 3.85. The fraction of sp³-hybridized carbons (Fsp3) is 0.444. The van der Waals surface area contributed by atoms with Gasteiger partial charge in [0.2, 0.25) is 5.91 Å². The van der Waals surface area contributed by atoms with Crippen molar-refractivity contribution >= 4 is 5.91 Å². The van der Waals surface area contributed by atoms with Crippen molar-refractivity contribution in [3.05, 3.63) is 48.3 Å². The quantitative estimate of drug-likeness (QED) is 0.724. The number of nitrogens with two attached hydrogens (primary N) is 1. The topological polar surface area (TPSA) is 64.2 Å². The molecule has 0 aliphatic heterocycles. The van der Waals surface area contributed by atoms with Crippen molar-refractivity contribution in [3.63, 3.8) is 0 Å². The predicted molar refractivity (Wildman–Crippen MR) is 92.2 cm³/mol. The molecule has 0 atom stereocenters. The van der Waals surface area contributed by atoms with E-state index in [-0.39, 0.29) is 5.91 Å². The number of carbonyl (C=O) groups excluding carboxylic acids is 1. The Morgan fingerprint density at radius 3 is 2.65 bits per heavy atom. The van der Waals surface area contributed by atoms with E-state index >= 15 is 0 Å². The molecule has 1 aromatic carbocycles. The van der Waals surface area contributed by atoms with Gasteiger partial charge >= 0.3 is 0 Å². The van der Waals surface area contributed by atoms with E-state index in [1.807, 2.05) is 54.5 Å². The van der Waals surface area contributed by atoms with Gasteiger partial charge in [0.25, 0.3) is 0 Å². The van der Waals surface area contributed by atoms with Crippen molar-refractivity contribution < 1.29 is 4.79 Å². The molecule has 0 fully saturated rings. The summed E-state index contributed by atoms with van der Waals surface area (Å²) < 4.78 is 1.83. The molecule has 2 aromatic rings. The molecule has 0 saturated carbocycles. The average molecular weight is 314 g/mol. The van der Waals surface area contributed by atoms with Crippen LogP contribution in [0.3, 0.4) is 0 Å². The lowest BCUT2D eigenvalue weighted by Gasteiger charge is -2.16. The summed E-state index contributed by atoms with van der Waals surface area (Å²) in [5, 5.41) is 4.36. The Morgan fingerprint density at radius 1 is 1.17 bits per heavy atom. The largest absolute Gasteiger partial charge is 0.341 e. The highest BCUT2D eigenvalue weighted by molar-refractivity contribution is 5.75. The van der Waals surface area contributed by atoms with Crippen LogP contribution in [0.5, 0.6) is 0 Å². The molecule has 23 heavy (non-hydrogen) atoms. The summed E-state index contributed by atoms with van der Waals surface area (Å²) in [4.78, 5) is 13.9. The second-order valence-corrected chi connectivity index (χ2v) is 5.83.